The van der Waals surface area contributed by atoms with Crippen molar-refractivity contribution >= 4 is 11.6 Å². The fourth-order valence-electron chi connectivity index (χ4n) is 2.52. The highest BCUT2D eigenvalue weighted by molar-refractivity contribution is 5.92. The van der Waals surface area contributed by atoms with Gasteiger partial charge < -0.3 is 10.6 Å². The molecule has 3 nitrogen and oxygen atoms in total. The van der Waals surface area contributed by atoms with Gasteiger partial charge in [0.2, 0.25) is 5.91 Å². The molecule has 0 atom stereocenters. The van der Waals surface area contributed by atoms with Crippen molar-refractivity contribution in [2.75, 3.05) is 18.4 Å². The lowest BCUT2D eigenvalue weighted by atomic mass is 9.87. The van der Waals surface area contributed by atoms with Gasteiger partial charge >= 0.3 is 0 Å². The molecule has 0 heterocycles. The second-order valence-corrected chi connectivity index (χ2v) is 7.14. The number of rotatable bonds is 7. The van der Waals surface area contributed by atoms with E-state index < -0.39 is 0 Å². The third-order valence-corrected chi connectivity index (χ3v) is 3.98. The van der Waals surface area contributed by atoms with Gasteiger partial charge in [0.25, 0.3) is 0 Å². The lowest BCUT2D eigenvalue weighted by Gasteiger charge is -2.19. The maximum atomic E-state index is 12.0. The van der Waals surface area contributed by atoms with E-state index in [1.807, 2.05) is 18.2 Å². The molecule has 2 aromatic carbocycles. The summed E-state index contributed by atoms with van der Waals surface area (Å²) in [7, 11) is 0. The molecule has 0 radical (unpaired) electrons. The number of aryl methyl sites for hydroxylation is 1. The first kappa shape index (κ1) is 18.2. The minimum Gasteiger partial charge on any atom is -0.325 e. The SMILES string of the molecule is CC(C)(C)c1ccc(NC(=O)CNCCCc2ccccc2)cc1. The Balaban J connectivity index is 1.66. The molecule has 0 saturated carbocycles. The van der Waals surface area contributed by atoms with E-state index in [0.717, 1.165) is 25.1 Å². The number of hydrogen-bond acceptors (Lipinski definition) is 2. The number of hydrogen-bond donors (Lipinski definition) is 2. The third-order valence-electron chi connectivity index (χ3n) is 3.98. The van der Waals surface area contributed by atoms with Crippen LogP contribution in [0.3, 0.4) is 0 Å². The van der Waals surface area contributed by atoms with Gasteiger partial charge in [0.05, 0.1) is 6.54 Å². The van der Waals surface area contributed by atoms with E-state index in [4.69, 9.17) is 0 Å². The van der Waals surface area contributed by atoms with Crippen molar-refractivity contribution in [1.82, 2.24) is 5.32 Å². The van der Waals surface area contributed by atoms with Gasteiger partial charge in [-0.2, -0.15) is 0 Å². The van der Waals surface area contributed by atoms with Crippen LogP contribution in [0.1, 0.15) is 38.3 Å². The molecule has 0 aliphatic rings. The first-order chi connectivity index (χ1) is 11.4. The number of amides is 1. The molecule has 0 saturated heterocycles. The van der Waals surface area contributed by atoms with Crippen LogP contribution in [0.4, 0.5) is 5.69 Å². The minimum atomic E-state index is -0.00165. The van der Waals surface area contributed by atoms with Gasteiger partial charge in [-0.05, 0) is 48.1 Å². The molecule has 0 fully saturated rings. The predicted molar refractivity (Wildman–Crippen MR) is 101 cm³/mol. The van der Waals surface area contributed by atoms with Crippen molar-refractivity contribution in [2.45, 2.75) is 39.0 Å². The fraction of sp³-hybridized carbons (Fsp3) is 0.381. The van der Waals surface area contributed by atoms with E-state index in [-0.39, 0.29) is 11.3 Å². The summed E-state index contributed by atoms with van der Waals surface area (Å²) in [5, 5.41) is 6.13. The van der Waals surface area contributed by atoms with E-state index in [2.05, 4.69) is 67.8 Å². The van der Waals surface area contributed by atoms with Gasteiger partial charge in [0.1, 0.15) is 0 Å². The predicted octanol–water partition coefficient (Wildman–Crippen LogP) is 4.15. The summed E-state index contributed by atoms with van der Waals surface area (Å²) in [4.78, 5) is 12.0. The molecule has 0 spiro atoms. The summed E-state index contributed by atoms with van der Waals surface area (Å²) in [6.07, 6.45) is 2.06. The summed E-state index contributed by atoms with van der Waals surface area (Å²) in [5.41, 5.74) is 3.57. The lowest BCUT2D eigenvalue weighted by molar-refractivity contribution is -0.115. The Morgan fingerprint density at radius 3 is 2.25 bits per heavy atom. The van der Waals surface area contributed by atoms with E-state index >= 15 is 0 Å². The van der Waals surface area contributed by atoms with Gasteiger partial charge in [-0.3, -0.25) is 4.79 Å². The first-order valence-electron chi connectivity index (χ1n) is 8.60. The van der Waals surface area contributed by atoms with Gasteiger partial charge in [-0.25, -0.2) is 0 Å². The van der Waals surface area contributed by atoms with Crippen LogP contribution in [0.5, 0.6) is 0 Å². The molecule has 3 heteroatoms. The van der Waals surface area contributed by atoms with Crippen molar-refractivity contribution in [2.24, 2.45) is 0 Å². The normalized spacial score (nSPS) is 11.3. The minimum absolute atomic E-state index is 0.00165. The van der Waals surface area contributed by atoms with Crippen LogP contribution in [-0.4, -0.2) is 19.0 Å². The summed E-state index contributed by atoms with van der Waals surface area (Å²) in [6.45, 7) is 7.72. The number of benzene rings is 2. The van der Waals surface area contributed by atoms with Crippen LogP contribution in [0.25, 0.3) is 0 Å². The van der Waals surface area contributed by atoms with Crippen molar-refractivity contribution in [1.29, 1.82) is 0 Å². The van der Waals surface area contributed by atoms with Crippen molar-refractivity contribution in [3.05, 3.63) is 65.7 Å². The van der Waals surface area contributed by atoms with E-state index in [1.54, 1.807) is 0 Å². The molecular formula is C21H28N2O. The maximum Gasteiger partial charge on any atom is 0.238 e. The zero-order chi connectivity index (χ0) is 17.4. The molecule has 0 aromatic heterocycles. The van der Waals surface area contributed by atoms with Crippen LogP contribution in [0.2, 0.25) is 0 Å². The van der Waals surface area contributed by atoms with E-state index in [0.29, 0.717) is 6.54 Å². The summed E-state index contributed by atoms with van der Waals surface area (Å²) in [5.74, 6) is -0.00165. The van der Waals surface area contributed by atoms with Gasteiger partial charge in [0, 0.05) is 5.69 Å². The van der Waals surface area contributed by atoms with Crippen LogP contribution in [-0.2, 0) is 16.6 Å². The molecule has 2 aromatic rings. The zero-order valence-electron chi connectivity index (χ0n) is 14.9. The highest BCUT2D eigenvalue weighted by Crippen LogP contribution is 2.23. The van der Waals surface area contributed by atoms with Gasteiger partial charge in [0.15, 0.2) is 0 Å². The third kappa shape index (κ3) is 6.17. The zero-order valence-corrected chi connectivity index (χ0v) is 14.9. The Bertz CT molecular complexity index is 627. The van der Waals surface area contributed by atoms with E-state index in [1.165, 1.54) is 11.1 Å². The topological polar surface area (TPSA) is 41.1 Å². The fourth-order valence-corrected chi connectivity index (χ4v) is 2.52. The standard InChI is InChI=1S/C21H28N2O/c1-21(2,3)18-11-13-19(14-12-18)23-20(24)16-22-15-7-10-17-8-5-4-6-9-17/h4-6,8-9,11-14,22H,7,10,15-16H2,1-3H3,(H,23,24). The lowest BCUT2D eigenvalue weighted by Crippen LogP contribution is -2.29. The molecule has 2 rings (SSSR count). The van der Waals surface area contributed by atoms with Crippen molar-refractivity contribution in [3.63, 3.8) is 0 Å². The van der Waals surface area contributed by atoms with Crippen LogP contribution >= 0.6 is 0 Å². The summed E-state index contributed by atoms with van der Waals surface area (Å²) < 4.78 is 0. The van der Waals surface area contributed by atoms with E-state index in [9.17, 15) is 4.79 Å². The number of nitrogens with one attached hydrogen (secondary N) is 2. The highest BCUT2D eigenvalue weighted by Gasteiger charge is 2.13. The second-order valence-electron chi connectivity index (χ2n) is 7.14. The molecule has 0 unspecified atom stereocenters. The monoisotopic (exact) mass is 324 g/mol. The van der Waals surface area contributed by atoms with Crippen LogP contribution < -0.4 is 10.6 Å². The van der Waals surface area contributed by atoms with Gasteiger partial charge in [-0.1, -0.05) is 63.2 Å². The average molecular weight is 324 g/mol. The summed E-state index contributed by atoms with van der Waals surface area (Å²) in [6, 6.07) is 18.5. The number of carbonyl (C=O) groups excluding carboxylic acids is 1. The Morgan fingerprint density at radius 2 is 1.62 bits per heavy atom. The highest BCUT2D eigenvalue weighted by atomic mass is 16.1. The maximum absolute atomic E-state index is 12.0. The smallest absolute Gasteiger partial charge is 0.238 e. The number of anilines is 1. The van der Waals surface area contributed by atoms with Crippen LogP contribution in [0.15, 0.2) is 54.6 Å². The Labute approximate surface area is 145 Å². The molecular weight excluding hydrogens is 296 g/mol. The number of carbonyl (C=O) groups is 1. The molecule has 0 aliphatic heterocycles. The first-order valence-corrected chi connectivity index (χ1v) is 8.60. The Kier molecular flexibility index (Phi) is 6.56. The molecule has 24 heavy (non-hydrogen) atoms. The quantitative estimate of drug-likeness (QED) is 0.751. The summed E-state index contributed by atoms with van der Waals surface area (Å²) >= 11 is 0. The molecule has 1 amide bonds. The molecule has 0 aliphatic carbocycles. The Morgan fingerprint density at radius 1 is 0.958 bits per heavy atom. The average Bonchev–Trinajstić information content (AvgIpc) is 2.55. The molecule has 0 bridgehead atoms. The van der Waals surface area contributed by atoms with Crippen molar-refractivity contribution in [3.8, 4) is 0 Å². The van der Waals surface area contributed by atoms with Crippen molar-refractivity contribution < 1.29 is 4.79 Å². The van der Waals surface area contributed by atoms with Gasteiger partial charge in [-0.15, -0.1) is 0 Å². The largest absolute Gasteiger partial charge is 0.325 e. The second kappa shape index (κ2) is 8.65. The van der Waals surface area contributed by atoms with Crippen LogP contribution in [0, 0.1) is 0 Å². The molecule has 128 valence electrons. The Hall–Kier alpha value is -2.13. The molecule has 2 N–H and O–H groups in total.